The topological polar surface area (TPSA) is 30.3 Å². The molecule has 5 heteroatoms. The lowest BCUT2D eigenvalue weighted by Crippen LogP contribution is -2.36. The first kappa shape index (κ1) is 16.1. The second-order valence-electron chi connectivity index (χ2n) is 6.33. The van der Waals surface area contributed by atoms with Crippen LogP contribution < -0.4 is 0 Å². The van der Waals surface area contributed by atoms with Crippen LogP contribution in [-0.2, 0) is 24.9 Å². The van der Waals surface area contributed by atoms with Crippen molar-refractivity contribution in [2.24, 2.45) is 7.05 Å². The van der Waals surface area contributed by atoms with E-state index in [1.54, 1.807) is 12.1 Å². The summed E-state index contributed by atoms with van der Waals surface area (Å²) in [5, 5.41) is 4.40. The third-order valence-corrected chi connectivity index (χ3v) is 4.44. The number of nitrogens with zero attached hydrogens (tertiary/aromatic N) is 3. The number of piperidine rings is 1. The zero-order valence-electron chi connectivity index (χ0n) is 13.8. The lowest BCUT2D eigenvalue weighted by Gasteiger charge is -2.31. The van der Waals surface area contributed by atoms with Crippen molar-refractivity contribution in [3.8, 4) is 0 Å². The highest BCUT2D eigenvalue weighted by Crippen LogP contribution is 2.18. The number of hydrogen-bond donors (Lipinski definition) is 0. The van der Waals surface area contributed by atoms with Crippen LogP contribution in [0.3, 0.4) is 0 Å². The maximum Gasteiger partial charge on any atom is 0.123 e. The first-order valence-electron chi connectivity index (χ1n) is 8.17. The van der Waals surface area contributed by atoms with Gasteiger partial charge in [-0.1, -0.05) is 12.1 Å². The fraction of sp³-hybridized carbons (Fsp3) is 0.500. The van der Waals surface area contributed by atoms with E-state index in [-0.39, 0.29) is 5.82 Å². The van der Waals surface area contributed by atoms with Crippen molar-refractivity contribution in [3.63, 3.8) is 0 Å². The van der Waals surface area contributed by atoms with E-state index in [0.29, 0.717) is 12.7 Å². The number of aryl methyl sites for hydroxylation is 2. The van der Waals surface area contributed by atoms with Crippen molar-refractivity contribution >= 4 is 0 Å². The van der Waals surface area contributed by atoms with Gasteiger partial charge < -0.3 is 4.74 Å². The Morgan fingerprint density at radius 3 is 2.52 bits per heavy atom. The van der Waals surface area contributed by atoms with E-state index in [1.807, 2.05) is 11.7 Å². The summed E-state index contributed by atoms with van der Waals surface area (Å²) in [5.74, 6) is -0.201. The van der Waals surface area contributed by atoms with Gasteiger partial charge in [0, 0.05) is 38.4 Å². The molecule has 0 spiro atoms. The molecule has 0 radical (unpaired) electrons. The van der Waals surface area contributed by atoms with Crippen LogP contribution in [0.15, 0.2) is 30.5 Å². The average Bonchev–Trinajstić information content (AvgIpc) is 2.86. The molecule has 2 aromatic rings. The van der Waals surface area contributed by atoms with Gasteiger partial charge in [-0.3, -0.25) is 9.58 Å². The molecule has 0 saturated carbocycles. The number of benzene rings is 1. The van der Waals surface area contributed by atoms with Crippen molar-refractivity contribution in [1.82, 2.24) is 14.7 Å². The van der Waals surface area contributed by atoms with Gasteiger partial charge >= 0.3 is 0 Å². The minimum absolute atomic E-state index is 0.201. The highest BCUT2D eigenvalue weighted by atomic mass is 19.1. The zero-order valence-corrected chi connectivity index (χ0v) is 13.8. The van der Waals surface area contributed by atoms with Gasteiger partial charge in [0.15, 0.2) is 0 Å². The second-order valence-corrected chi connectivity index (χ2v) is 6.33. The highest BCUT2D eigenvalue weighted by Gasteiger charge is 2.20. The Kier molecular flexibility index (Phi) is 5.08. The lowest BCUT2D eigenvalue weighted by atomic mass is 10.1. The van der Waals surface area contributed by atoms with E-state index >= 15 is 0 Å². The quantitative estimate of drug-likeness (QED) is 0.849. The summed E-state index contributed by atoms with van der Waals surface area (Å²) < 4.78 is 20.7. The Morgan fingerprint density at radius 1 is 1.22 bits per heavy atom. The van der Waals surface area contributed by atoms with Crippen molar-refractivity contribution < 1.29 is 9.13 Å². The Morgan fingerprint density at radius 2 is 1.91 bits per heavy atom. The SMILES string of the molecule is Cc1nn(C)cc1CN1CCC(OCc2ccc(F)cc2)CC1. The van der Waals surface area contributed by atoms with E-state index in [0.717, 1.165) is 43.7 Å². The first-order chi connectivity index (χ1) is 11.1. The lowest BCUT2D eigenvalue weighted by molar-refractivity contribution is -0.00398. The Bertz CT molecular complexity index is 630. The molecule has 1 aliphatic rings. The fourth-order valence-corrected chi connectivity index (χ4v) is 3.07. The third kappa shape index (κ3) is 4.39. The van der Waals surface area contributed by atoms with Crippen LogP contribution in [0, 0.1) is 12.7 Å². The summed E-state index contributed by atoms with van der Waals surface area (Å²) in [5.41, 5.74) is 3.44. The molecule has 1 aromatic carbocycles. The predicted octanol–water partition coefficient (Wildman–Crippen LogP) is 3.05. The van der Waals surface area contributed by atoms with Gasteiger partial charge in [0.1, 0.15) is 5.82 Å². The molecule has 1 aromatic heterocycles. The number of aromatic nitrogens is 2. The maximum atomic E-state index is 12.9. The van der Waals surface area contributed by atoms with Gasteiger partial charge in [-0.25, -0.2) is 4.39 Å². The van der Waals surface area contributed by atoms with Crippen molar-refractivity contribution in [3.05, 3.63) is 53.1 Å². The summed E-state index contributed by atoms with van der Waals surface area (Å²) in [6.07, 6.45) is 4.49. The van der Waals surface area contributed by atoms with Crippen molar-refractivity contribution in [2.45, 2.75) is 39.0 Å². The Hall–Kier alpha value is -1.72. The number of hydrogen-bond acceptors (Lipinski definition) is 3. The van der Waals surface area contributed by atoms with E-state index in [4.69, 9.17) is 4.74 Å². The highest BCUT2D eigenvalue weighted by molar-refractivity contribution is 5.16. The summed E-state index contributed by atoms with van der Waals surface area (Å²) >= 11 is 0. The number of likely N-dealkylation sites (tertiary alicyclic amines) is 1. The largest absolute Gasteiger partial charge is 0.373 e. The molecule has 23 heavy (non-hydrogen) atoms. The van der Waals surface area contributed by atoms with Crippen molar-refractivity contribution in [2.75, 3.05) is 13.1 Å². The number of halogens is 1. The molecule has 0 N–H and O–H groups in total. The van der Waals surface area contributed by atoms with Crippen LogP contribution in [0.5, 0.6) is 0 Å². The van der Waals surface area contributed by atoms with E-state index in [2.05, 4.69) is 23.1 Å². The van der Waals surface area contributed by atoms with Gasteiger partial charge in [0.2, 0.25) is 0 Å². The molecule has 1 fully saturated rings. The molecule has 0 unspecified atom stereocenters. The maximum absolute atomic E-state index is 12.9. The summed E-state index contributed by atoms with van der Waals surface area (Å²) in [7, 11) is 1.96. The van der Waals surface area contributed by atoms with Gasteiger partial charge in [0.25, 0.3) is 0 Å². The van der Waals surface area contributed by atoms with Crippen LogP contribution in [0.2, 0.25) is 0 Å². The molecule has 3 rings (SSSR count). The van der Waals surface area contributed by atoms with Crippen LogP contribution in [-0.4, -0.2) is 33.9 Å². The first-order valence-corrected chi connectivity index (χ1v) is 8.17. The van der Waals surface area contributed by atoms with Gasteiger partial charge in [0.05, 0.1) is 18.4 Å². The van der Waals surface area contributed by atoms with Crippen LogP contribution in [0.1, 0.15) is 29.7 Å². The Labute approximate surface area is 136 Å². The van der Waals surface area contributed by atoms with Crippen LogP contribution >= 0.6 is 0 Å². The number of rotatable bonds is 5. The predicted molar refractivity (Wildman–Crippen MR) is 87.4 cm³/mol. The minimum Gasteiger partial charge on any atom is -0.373 e. The van der Waals surface area contributed by atoms with Gasteiger partial charge in [-0.15, -0.1) is 0 Å². The van der Waals surface area contributed by atoms with Crippen LogP contribution in [0.25, 0.3) is 0 Å². The molecule has 0 aliphatic carbocycles. The van der Waals surface area contributed by atoms with Gasteiger partial charge in [-0.05, 0) is 37.5 Å². The summed E-state index contributed by atoms with van der Waals surface area (Å²) in [6, 6.07) is 6.54. The summed E-state index contributed by atoms with van der Waals surface area (Å²) in [6.45, 7) is 5.68. The molecule has 124 valence electrons. The molecule has 4 nitrogen and oxygen atoms in total. The number of ether oxygens (including phenoxy) is 1. The fourth-order valence-electron chi connectivity index (χ4n) is 3.07. The molecule has 1 aliphatic heterocycles. The molecule has 0 bridgehead atoms. The van der Waals surface area contributed by atoms with Crippen molar-refractivity contribution in [1.29, 1.82) is 0 Å². The second kappa shape index (κ2) is 7.23. The molecule has 0 atom stereocenters. The average molecular weight is 317 g/mol. The molecule has 0 amide bonds. The standard InChI is InChI=1S/C18H24FN3O/c1-14-16(11-21(2)20-14)12-22-9-7-18(8-10-22)23-13-15-3-5-17(19)6-4-15/h3-6,11,18H,7-10,12-13H2,1-2H3. The minimum atomic E-state index is -0.201. The smallest absolute Gasteiger partial charge is 0.123 e. The molecule has 2 heterocycles. The molecule has 1 saturated heterocycles. The zero-order chi connectivity index (χ0) is 16.2. The van der Waals surface area contributed by atoms with Crippen LogP contribution in [0.4, 0.5) is 4.39 Å². The summed E-state index contributed by atoms with van der Waals surface area (Å²) in [4.78, 5) is 2.46. The molecular weight excluding hydrogens is 293 g/mol. The third-order valence-electron chi connectivity index (χ3n) is 4.44. The van der Waals surface area contributed by atoms with Gasteiger partial charge in [-0.2, -0.15) is 5.10 Å². The molecular formula is C18H24FN3O. The monoisotopic (exact) mass is 317 g/mol. The normalized spacial score (nSPS) is 16.8. The van der Waals surface area contributed by atoms with E-state index < -0.39 is 0 Å². The van der Waals surface area contributed by atoms with E-state index in [9.17, 15) is 4.39 Å². The Balaban J connectivity index is 1.43. The van der Waals surface area contributed by atoms with E-state index in [1.165, 1.54) is 17.7 Å².